The van der Waals surface area contributed by atoms with Crippen LogP contribution in [0, 0.1) is 0 Å². The van der Waals surface area contributed by atoms with E-state index in [0.29, 0.717) is 30.1 Å². The minimum absolute atomic E-state index is 0.247. The second-order valence-electron chi connectivity index (χ2n) is 4.07. The highest BCUT2D eigenvalue weighted by atomic mass is 35.5. The van der Waals surface area contributed by atoms with Crippen LogP contribution in [0.4, 0.5) is 0 Å². The topological polar surface area (TPSA) is 55.8 Å². The maximum Gasteiger partial charge on any atom is 0.492 e. The van der Waals surface area contributed by atoms with Gasteiger partial charge in [-0.25, -0.2) is 0 Å². The van der Waals surface area contributed by atoms with Crippen molar-refractivity contribution in [3.05, 3.63) is 28.3 Å². The van der Waals surface area contributed by atoms with Gasteiger partial charge in [0.15, 0.2) is 0 Å². The van der Waals surface area contributed by atoms with Crippen LogP contribution in [0.25, 0.3) is 0 Å². The lowest BCUT2D eigenvalue weighted by Crippen LogP contribution is -2.32. The average Bonchev–Trinajstić information content (AvgIpc) is 2.71. The SMILES string of the molecule is CCOC(=O)CCc1c(Cl)ccc2c1B(O)OC2. The van der Waals surface area contributed by atoms with Crippen LogP contribution in [0.5, 0.6) is 0 Å². The molecule has 4 nitrogen and oxygen atoms in total. The molecule has 0 saturated heterocycles. The zero-order valence-corrected chi connectivity index (χ0v) is 10.9. The van der Waals surface area contributed by atoms with Crippen molar-refractivity contribution in [3.8, 4) is 0 Å². The molecule has 1 aliphatic heterocycles. The van der Waals surface area contributed by atoms with Crippen molar-refractivity contribution < 1.29 is 19.2 Å². The summed E-state index contributed by atoms with van der Waals surface area (Å²) in [6.07, 6.45) is 0.692. The first-order valence-electron chi connectivity index (χ1n) is 5.89. The standard InChI is InChI=1S/C12H14BClO4/c1-2-17-11(15)6-4-9-10(14)5-3-8-7-18-13(16)12(8)9/h3,5,16H,2,4,6-7H2,1H3. The molecular formula is C12H14BClO4. The van der Waals surface area contributed by atoms with Crippen LogP contribution in [-0.2, 0) is 27.2 Å². The minimum Gasteiger partial charge on any atom is -0.466 e. The first kappa shape index (κ1) is 13.4. The van der Waals surface area contributed by atoms with Gasteiger partial charge < -0.3 is 14.4 Å². The van der Waals surface area contributed by atoms with Gasteiger partial charge >= 0.3 is 13.1 Å². The fourth-order valence-corrected chi connectivity index (χ4v) is 2.35. The first-order valence-corrected chi connectivity index (χ1v) is 6.26. The van der Waals surface area contributed by atoms with Crippen LogP contribution in [0.1, 0.15) is 24.5 Å². The summed E-state index contributed by atoms with van der Waals surface area (Å²) in [7, 11) is -0.948. The van der Waals surface area contributed by atoms with Crippen LogP contribution in [-0.4, -0.2) is 24.7 Å². The lowest BCUT2D eigenvalue weighted by molar-refractivity contribution is -0.143. The van der Waals surface area contributed by atoms with Gasteiger partial charge in [-0.15, -0.1) is 0 Å². The molecule has 1 aliphatic rings. The number of benzene rings is 1. The molecule has 1 N–H and O–H groups in total. The molecule has 0 fully saturated rings. The summed E-state index contributed by atoms with van der Waals surface area (Å²) in [6, 6.07) is 3.60. The van der Waals surface area contributed by atoms with Gasteiger partial charge in [-0.1, -0.05) is 17.7 Å². The maximum atomic E-state index is 11.4. The molecule has 0 aromatic heterocycles. The van der Waals surface area contributed by atoms with Gasteiger partial charge in [0.05, 0.1) is 13.2 Å². The highest BCUT2D eigenvalue weighted by Gasteiger charge is 2.31. The van der Waals surface area contributed by atoms with Gasteiger partial charge in [0.25, 0.3) is 0 Å². The monoisotopic (exact) mass is 268 g/mol. The van der Waals surface area contributed by atoms with Crippen molar-refractivity contribution in [1.82, 2.24) is 0 Å². The summed E-state index contributed by atoms with van der Waals surface area (Å²) in [4.78, 5) is 11.4. The highest BCUT2D eigenvalue weighted by molar-refractivity contribution is 6.62. The van der Waals surface area contributed by atoms with E-state index in [4.69, 9.17) is 21.0 Å². The highest BCUT2D eigenvalue weighted by Crippen LogP contribution is 2.22. The van der Waals surface area contributed by atoms with E-state index in [1.165, 1.54) is 0 Å². The molecule has 1 aromatic rings. The van der Waals surface area contributed by atoms with E-state index in [1.54, 1.807) is 13.0 Å². The number of hydrogen-bond donors (Lipinski definition) is 1. The molecule has 0 atom stereocenters. The fourth-order valence-electron chi connectivity index (χ4n) is 2.09. The predicted octanol–water partition coefficient (Wildman–Crippen LogP) is 1.05. The Morgan fingerprint density at radius 1 is 1.61 bits per heavy atom. The lowest BCUT2D eigenvalue weighted by Gasteiger charge is -2.10. The molecule has 0 saturated carbocycles. The molecule has 0 spiro atoms. The Hall–Kier alpha value is -1.04. The van der Waals surface area contributed by atoms with Gasteiger partial charge in [0.2, 0.25) is 0 Å². The van der Waals surface area contributed by atoms with Crippen LogP contribution in [0.15, 0.2) is 12.1 Å². The Kier molecular flexibility index (Phi) is 4.27. The van der Waals surface area contributed by atoms with Gasteiger partial charge in [0.1, 0.15) is 0 Å². The second-order valence-corrected chi connectivity index (χ2v) is 4.47. The average molecular weight is 269 g/mol. The Labute approximate surface area is 111 Å². The number of ether oxygens (including phenoxy) is 1. The van der Waals surface area contributed by atoms with E-state index in [0.717, 1.165) is 11.1 Å². The van der Waals surface area contributed by atoms with Crippen LogP contribution in [0.2, 0.25) is 5.02 Å². The number of hydrogen-bond acceptors (Lipinski definition) is 4. The number of halogens is 1. The van der Waals surface area contributed by atoms with Crippen molar-refractivity contribution in [3.63, 3.8) is 0 Å². The van der Waals surface area contributed by atoms with Crippen molar-refractivity contribution in [2.45, 2.75) is 26.4 Å². The summed E-state index contributed by atoms with van der Waals surface area (Å²) < 4.78 is 10.0. The molecule has 1 heterocycles. The van der Waals surface area contributed by atoms with Gasteiger partial charge in [0, 0.05) is 11.4 Å². The molecule has 6 heteroatoms. The molecule has 0 bridgehead atoms. The largest absolute Gasteiger partial charge is 0.492 e. The smallest absolute Gasteiger partial charge is 0.466 e. The van der Waals surface area contributed by atoms with Crippen molar-refractivity contribution >= 4 is 30.2 Å². The minimum atomic E-state index is -0.948. The van der Waals surface area contributed by atoms with E-state index < -0.39 is 7.12 Å². The summed E-state index contributed by atoms with van der Waals surface area (Å²) in [5.74, 6) is -0.264. The van der Waals surface area contributed by atoms with E-state index in [1.807, 2.05) is 6.07 Å². The Bertz CT molecular complexity index is 464. The van der Waals surface area contributed by atoms with Crippen molar-refractivity contribution in [1.29, 1.82) is 0 Å². The van der Waals surface area contributed by atoms with E-state index in [2.05, 4.69) is 0 Å². The molecule has 2 rings (SSSR count). The van der Waals surface area contributed by atoms with Crippen LogP contribution in [0.3, 0.4) is 0 Å². The predicted molar refractivity (Wildman–Crippen MR) is 68.8 cm³/mol. The molecule has 18 heavy (non-hydrogen) atoms. The number of carbonyl (C=O) groups is 1. The lowest BCUT2D eigenvalue weighted by atomic mass is 9.75. The third-order valence-corrected chi connectivity index (χ3v) is 3.27. The van der Waals surface area contributed by atoms with E-state index in [9.17, 15) is 9.82 Å². The maximum absolute atomic E-state index is 11.4. The third-order valence-electron chi connectivity index (χ3n) is 2.92. The van der Waals surface area contributed by atoms with Gasteiger partial charge in [-0.2, -0.15) is 0 Å². The molecule has 0 aliphatic carbocycles. The summed E-state index contributed by atoms with van der Waals surface area (Å²) >= 11 is 6.11. The van der Waals surface area contributed by atoms with Gasteiger partial charge in [-0.05, 0) is 36.0 Å². The van der Waals surface area contributed by atoms with Crippen molar-refractivity contribution in [2.75, 3.05) is 6.61 Å². The first-order chi connectivity index (χ1) is 8.63. The van der Waals surface area contributed by atoms with Crippen LogP contribution >= 0.6 is 11.6 Å². The summed E-state index contributed by atoms with van der Waals surface area (Å²) in [6.45, 7) is 2.51. The Balaban J connectivity index is 2.17. The van der Waals surface area contributed by atoms with Gasteiger partial charge in [-0.3, -0.25) is 4.79 Å². The molecule has 1 aromatic carbocycles. The molecule has 96 valence electrons. The third kappa shape index (κ3) is 2.69. The number of carbonyl (C=O) groups excluding carboxylic acids is 1. The number of rotatable bonds is 4. The molecule has 0 amide bonds. The number of esters is 1. The summed E-state index contributed by atoms with van der Waals surface area (Å²) in [5.41, 5.74) is 2.39. The summed E-state index contributed by atoms with van der Waals surface area (Å²) in [5, 5.41) is 10.3. The van der Waals surface area contributed by atoms with E-state index >= 15 is 0 Å². The van der Waals surface area contributed by atoms with Crippen LogP contribution < -0.4 is 5.46 Å². The zero-order chi connectivity index (χ0) is 13.1. The van der Waals surface area contributed by atoms with E-state index in [-0.39, 0.29) is 12.4 Å². The fraction of sp³-hybridized carbons (Fsp3) is 0.417. The molecule has 0 unspecified atom stereocenters. The second kappa shape index (κ2) is 5.74. The zero-order valence-electron chi connectivity index (χ0n) is 10.1. The number of fused-ring (bicyclic) bond motifs is 1. The normalized spacial score (nSPS) is 13.6. The van der Waals surface area contributed by atoms with Crippen molar-refractivity contribution in [2.24, 2.45) is 0 Å². The Morgan fingerprint density at radius 3 is 3.11 bits per heavy atom. The Morgan fingerprint density at radius 2 is 2.39 bits per heavy atom. The quantitative estimate of drug-likeness (QED) is 0.655. The molecular weight excluding hydrogens is 254 g/mol. The molecule has 0 radical (unpaired) electrons.